The van der Waals surface area contributed by atoms with Crippen LogP contribution in [0.4, 0.5) is 11.4 Å². The Morgan fingerprint density at radius 2 is 1.86 bits per heavy atom. The van der Waals surface area contributed by atoms with Crippen molar-refractivity contribution in [3.63, 3.8) is 0 Å². The normalized spacial score (nSPS) is 10.2. The fourth-order valence-electron chi connectivity index (χ4n) is 1.97. The van der Waals surface area contributed by atoms with E-state index < -0.39 is 0 Å². The minimum absolute atomic E-state index is 0.0850. The van der Waals surface area contributed by atoms with Crippen molar-refractivity contribution in [3.05, 3.63) is 47.0 Å². The summed E-state index contributed by atoms with van der Waals surface area (Å²) in [6.45, 7) is 3.91. The number of carbonyl (C=O) groups is 1. The fraction of sp³-hybridized carbons (Fsp3) is 0.188. The Morgan fingerprint density at radius 1 is 1.19 bits per heavy atom. The Bertz CT molecular complexity index is 696. The van der Waals surface area contributed by atoms with E-state index in [2.05, 4.69) is 5.32 Å². The summed E-state index contributed by atoms with van der Waals surface area (Å²) in [5, 5.41) is 12.5. The largest absolute Gasteiger partial charge is 0.504 e. The summed E-state index contributed by atoms with van der Waals surface area (Å²) >= 11 is 0. The summed E-state index contributed by atoms with van der Waals surface area (Å²) in [5.41, 5.74) is 9.39. The van der Waals surface area contributed by atoms with Gasteiger partial charge in [-0.1, -0.05) is 0 Å². The quantitative estimate of drug-likeness (QED) is 0.757. The van der Waals surface area contributed by atoms with Crippen molar-refractivity contribution < 1.29 is 14.6 Å². The van der Waals surface area contributed by atoms with E-state index >= 15 is 0 Å². The number of anilines is 2. The lowest BCUT2D eigenvalue weighted by molar-refractivity contribution is 0.102. The number of rotatable bonds is 3. The molecule has 110 valence electrons. The number of hydrogen-bond acceptors (Lipinski definition) is 4. The summed E-state index contributed by atoms with van der Waals surface area (Å²) < 4.78 is 4.94. The zero-order chi connectivity index (χ0) is 15.6. The van der Waals surface area contributed by atoms with Crippen LogP contribution in [0.1, 0.15) is 21.5 Å². The van der Waals surface area contributed by atoms with Crippen LogP contribution in [0.25, 0.3) is 0 Å². The number of phenols is 1. The van der Waals surface area contributed by atoms with Gasteiger partial charge in [0.1, 0.15) is 0 Å². The van der Waals surface area contributed by atoms with E-state index in [0.717, 1.165) is 11.1 Å². The van der Waals surface area contributed by atoms with Gasteiger partial charge in [-0.05, 0) is 55.3 Å². The Balaban J connectivity index is 2.26. The summed E-state index contributed by atoms with van der Waals surface area (Å²) in [7, 11) is 1.45. The van der Waals surface area contributed by atoms with Crippen molar-refractivity contribution in [2.75, 3.05) is 18.2 Å². The number of aryl methyl sites for hydroxylation is 2. The summed E-state index contributed by atoms with van der Waals surface area (Å²) in [6, 6.07) is 8.10. The van der Waals surface area contributed by atoms with Crippen LogP contribution >= 0.6 is 0 Å². The topological polar surface area (TPSA) is 84.6 Å². The molecule has 5 nitrogen and oxygen atoms in total. The molecular weight excluding hydrogens is 268 g/mol. The number of ether oxygens (including phenoxy) is 1. The number of amides is 1. The molecule has 0 aliphatic rings. The van der Waals surface area contributed by atoms with E-state index in [4.69, 9.17) is 10.5 Å². The van der Waals surface area contributed by atoms with Crippen molar-refractivity contribution in [2.45, 2.75) is 13.8 Å². The highest BCUT2D eigenvalue weighted by Gasteiger charge is 2.12. The minimum atomic E-state index is -0.345. The molecule has 0 fully saturated rings. The van der Waals surface area contributed by atoms with Gasteiger partial charge >= 0.3 is 0 Å². The van der Waals surface area contributed by atoms with E-state index in [-0.39, 0.29) is 11.7 Å². The van der Waals surface area contributed by atoms with Gasteiger partial charge in [-0.25, -0.2) is 0 Å². The van der Waals surface area contributed by atoms with Crippen LogP contribution in [0, 0.1) is 13.8 Å². The Labute approximate surface area is 123 Å². The summed E-state index contributed by atoms with van der Waals surface area (Å²) in [5.74, 6) is -0.113. The number of nitrogens with one attached hydrogen (secondary N) is 1. The zero-order valence-electron chi connectivity index (χ0n) is 12.2. The first kappa shape index (κ1) is 14.7. The van der Waals surface area contributed by atoms with Crippen LogP contribution < -0.4 is 15.8 Å². The highest BCUT2D eigenvalue weighted by Crippen LogP contribution is 2.28. The first-order valence-corrected chi connectivity index (χ1v) is 6.47. The molecule has 0 saturated heterocycles. The fourth-order valence-corrected chi connectivity index (χ4v) is 1.97. The van der Waals surface area contributed by atoms with Crippen LogP contribution in [-0.2, 0) is 0 Å². The second-order valence-corrected chi connectivity index (χ2v) is 4.86. The first-order valence-electron chi connectivity index (χ1n) is 6.47. The summed E-state index contributed by atoms with van der Waals surface area (Å²) in [4.78, 5) is 12.2. The predicted molar refractivity (Wildman–Crippen MR) is 82.9 cm³/mol. The molecular formula is C16H18N2O3. The molecule has 5 heteroatoms. The molecule has 0 aromatic heterocycles. The van der Waals surface area contributed by atoms with Crippen LogP contribution in [0.5, 0.6) is 11.5 Å². The van der Waals surface area contributed by atoms with Gasteiger partial charge in [-0.3, -0.25) is 4.79 Å². The van der Waals surface area contributed by atoms with Gasteiger partial charge in [0.05, 0.1) is 18.5 Å². The average Bonchev–Trinajstić information content (AvgIpc) is 2.44. The minimum Gasteiger partial charge on any atom is -0.504 e. The molecule has 0 atom stereocenters. The van der Waals surface area contributed by atoms with Gasteiger partial charge in [0, 0.05) is 5.56 Å². The average molecular weight is 286 g/mol. The Kier molecular flexibility index (Phi) is 4.03. The van der Waals surface area contributed by atoms with Crippen molar-refractivity contribution in [3.8, 4) is 11.5 Å². The second kappa shape index (κ2) is 5.75. The van der Waals surface area contributed by atoms with Gasteiger partial charge in [0.25, 0.3) is 5.91 Å². The molecule has 2 rings (SSSR count). The number of carbonyl (C=O) groups excluding carboxylic acids is 1. The SMILES string of the molecule is COc1ccc(C(=O)Nc2cc(C)c(C)cc2N)cc1O. The second-order valence-electron chi connectivity index (χ2n) is 4.86. The van der Waals surface area contributed by atoms with Gasteiger partial charge < -0.3 is 20.9 Å². The van der Waals surface area contributed by atoms with Gasteiger partial charge in [-0.2, -0.15) is 0 Å². The molecule has 0 saturated carbocycles. The number of hydrogen-bond donors (Lipinski definition) is 3. The highest BCUT2D eigenvalue weighted by molar-refractivity contribution is 6.06. The van der Waals surface area contributed by atoms with E-state index in [1.54, 1.807) is 6.07 Å². The number of aromatic hydroxyl groups is 1. The van der Waals surface area contributed by atoms with Crippen LogP contribution in [0.15, 0.2) is 30.3 Å². The Hall–Kier alpha value is -2.69. The number of phenolic OH excluding ortho intramolecular Hbond substituents is 1. The predicted octanol–water partition coefficient (Wildman–Crippen LogP) is 2.85. The van der Waals surface area contributed by atoms with Gasteiger partial charge in [0.15, 0.2) is 11.5 Å². The molecule has 21 heavy (non-hydrogen) atoms. The molecule has 0 bridgehead atoms. The standard InChI is InChI=1S/C16H18N2O3/c1-9-6-12(17)13(7-10(9)2)18-16(20)11-4-5-15(21-3)14(19)8-11/h4-8,19H,17H2,1-3H3,(H,18,20). The third-order valence-electron chi connectivity index (χ3n) is 3.36. The number of nitrogen functional groups attached to an aromatic ring is 1. The molecule has 1 amide bonds. The Morgan fingerprint density at radius 3 is 2.48 bits per heavy atom. The van der Waals surface area contributed by atoms with Gasteiger partial charge in [0.2, 0.25) is 0 Å². The molecule has 0 aliphatic carbocycles. The number of nitrogens with two attached hydrogens (primary N) is 1. The maximum atomic E-state index is 12.2. The lowest BCUT2D eigenvalue weighted by Gasteiger charge is -2.12. The van der Waals surface area contributed by atoms with Crippen LogP contribution in [-0.4, -0.2) is 18.1 Å². The van der Waals surface area contributed by atoms with Crippen LogP contribution in [0.2, 0.25) is 0 Å². The molecule has 0 unspecified atom stereocenters. The van der Waals surface area contributed by atoms with Crippen molar-refractivity contribution in [2.24, 2.45) is 0 Å². The van der Waals surface area contributed by atoms with E-state index in [0.29, 0.717) is 22.7 Å². The molecule has 0 radical (unpaired) electrons. The molecule has 4 N–H and O–H groups in total. The third kappa shape index (κ3) is 3.08. The first-order chi connectivity index (χ1) is 9.92. The maximum absolute atomic E-state index is 12.2. The van der Waals surface area contributed by atoms with Crippen molar-refractivity contribution >= 4 is 17.3 Å². The van der Waals surface area contributed by atoms with E-state index in [1.807, 2.05) is 26.0 Å². The molecule has 2 aromatic rings. The highest BCUT2D eigenvalue weighted by atomic mass is 16.5. The lowest BCUT2D eigenvalue weighted by atomic mass is 10.1. The smallest absolute Gasteiger partial charge is 0.255 e. The summed E-state index contributed by atoms with van der Waals surface area (Å²) in [6.07, 6.45) is 0. The number of methoxy groups -OCH3 is 1. The maximum Gasteiger partial charge on any atom is 0.255 e. The zero-order valence-corrected chi connectivity index (χ0v) is 12.2. The van der Waals surface area contributed by atoms with Crippen LogP contribution in [0.3, 0.4) is 0 Å². The van der Waals surface area contributed by atoms with E-state index in [1.165, 1.54) is 19.2 Å². The van der Waals surface area contributed by atoms with Crippen molar-refractivity contribution in [1.29, 1.82) is 0 Å². The lowest BCUT2D eigenvalue weighted by Crippen LogP contribution is -2.13. The molecule has 0 aliphatic heterocycles. The number of benzene rings is 2. The van der Waals surface area contributed by atoms with E-state index in [9.17, 15) is 9.90 Å². The van der Waals surface area contributed by atoms with Crippen molar-refractivity contribution in [1.82, 2.24) is 0 Å². The molecule has 0 heterocycles. The third-order valence-corrected chi connectivity index (χ3v) is 3.36. The van der Waals surface area contributed by atoms with Gasteiger partial charge in [-0.15, -0.1) is 0 Å². The molecule has 2 aromatic carbocycles. The molecule has 0 spiro atoms. The monoisotopic (exact) mass is 286 g/mol.